The maximum absolute atomic E-state index is 14.0. The van der Waals surface area contributed by atoms with Gasteiger partial charge >= 0.3 is 0 Å². The molecule has 0 saturated heterocycles. The molecule has 3 fully saturated rings. The van der Waals surface area contributed by atoms with E-state index >= 15 is 0 Å². The summed E-state index contributed by atoms with van der Waals surface area (Å²) in [7, 11) is 0. The fourth-order valence-electron chi connectivity index (χ4n) is 6.51. The summed E-state index contributed by atoms with van der Waals surface area (Å²) < 4.78 is 60.8. The van der Waals surface area contributed by atoms with Crippen molar-refractivity contribution in [1.82, 2.24) is 35.5 Å². The van der Waals surface area contributed by atoms with E-state index in [1.165, 1.54) is 0 Å². The van der Waals surface area contributed by atoms with Crippen LogP contribution in [0.4, 0.5) is 17.6 Å². The molecule has 0 aliphatic heterocycles. The number of hydrogen-bond donors (Lipinski definition) is 2. The molecule has 2 atom stereocenters. The Bertz CT molecular complexity index is 1470. The van der Waals surface area contributed by atoms with Crippen molar-refractivity contribution in [2.24, 2.45) is 17.8 Å². The Morgan fingerprint density at radius 1 is 1.05 bits per heavy atom. The standard InChI is InChI=1S/C29H35F4N7O3/c1-16-25(39-43-38-16)27(42)37-26(19-5-7-28(30,31)8-6-19)22-15-40-23(35-22)11-20(14-34-40)21(9-17-3-2-4-17)36-24(41)10-18-12-29(32,33)13-18/h11,14-15,17-19,21,26H,2-10,12-13H2,1H3,(H,36,41)(H,37,42)/t21-,26+/m1/s1. The number of nitrogens with zero attached hydrogens (tertiary/aromatic N) is 5. The van der Waals surface area contributed by atoms with E-state index in [0.29, 0.717) is 29.4 Å². The van der Waals surface area contributed by atoms with Gasteiger partial charge in [-0.3, -0.25) is 9.59 Å². The SMILES string of the molecule is Cc1nonc1C(=O)N[C@H](c1cn2ncc([C@@H](CC3CCC3)NC(=O)CC3CC(F)(F)C3)cc2n1)C1CCC(F)(F)CC1. The first-order valence-electron chi connectivity index (χ1n) is 14.9. The number of imidazole rings is 1. The molecule has 0 unspecified atom stereocenters. The van der Waals surface area contributed by atoms with Gasteiger partial charge in [0.25, 0.3) is 5.91 Å². The van der Waals surface area contributed by atoms with Crippen LogP contribution < -0.4 is 10.6 Å². The van der Waals surface area contributed by atoms with Gasteiger partial charge in [-0.1, -0.05) is 24.4 Å². The van der Waals surface area contributed by atoms with E-state index in [1.54, 1.807) is 23.8 Å². The number of alkyl halides is 4. The Labute approximate surface area is 245 Å². The van der Waals surface area contributed by atoms with E-state index in [2.05, 4.69) is 30.7 Å². The summed E-state index contributed by atoms with van der Waals surface area (Å²) in [6.07, 6.45) is 6.64. The smallest absolute Gasteiger partial charge is 0.276 e. The lowest BCUT2D eigenvalue weighted by atomic mass is 9.78. The number of amides is 2. The van der Waals surface area contributed by atoms with Crippen LogP contribution in [0.25, 0.3) is 5.65 Å². The van der Waals surface area contributed by atoms with Gasteiger partial charge in [0, 0.05) is 32.1 Å². The first kappa shape index (κ1) is 29.5. The van der Waals surface area contributed by atoms with Crippen LogP contribution >= 0.6 is 0 Å². The van der Waals surface area contributed by atoms with Gasteiger partial charge in [-0.2, -0.15) is 5.10 Å². The van der Waals surface area contributed by atoms with Crippen LogP contribution in [0.1, 0.15) is 110 Å². The van der Waals surface area contributed by atoms with Crippen molar-refractivity contribution in [1.29, 1.82) is 0 Å². The lowest BCUT2D eigenvalue weighted by molar-refractivity contribution is -0.134. The molecular formula is C29H35F4N7O3. The van der Waals surface area contributed by atoms with Gasteiger partial charge in [0.15, 0.2) is 11.3 Å². The molecule has 3 heterocycles. The van der Waals surface area contributed by atoms with Crippen LogP contribution in [0.2, 0.25) is 0 Å². The minimum atomic E-state index is -2.74. The van der Waals surface area contributed by atoms with Crippen molar-refractivity contribution >= 4 is 17.5 Å². The topological polar surface area (TPSA) is 127 Å². The maximum Gasteiger partial charge on any atom is 0.276 e. The second-order valence-electron chi connectivity index (χ2n) is 12.6. The molecule has 0 bridgehead atoms. The van der Waals surface area contributed by atoms with E-state index in [4.69, 9.17) is 4.98 Å². The zero-order valence-electron chi connectivity index (χ0n) is 23.9. The number of aryl methyl sites for hydroxylation is 1. The van der Waals surface area contributed by atoms with Crippen LogP contribution in [0.15, 0.2) is 23.1 Å². The average molecular weight is 606 g/mol. The molecular weight excluding hydrogens is 570 g/mol. The fraction of sp³-hybridized carbons (Fsp3) is 0.655. The minimum Gasteiger partial charge on any atom is -0.349 e. The zero-order valence-corrected chi connectivity index (χ0v) is 23.9. The van der Waals surface area contributed by atoms with Crippen molar-refractivity contribution in [2.75, 3.05) is 0 Å². The Morgan fingerprint density at radius 2 is 1.79 bits per heavy atom. The molecule has 3 aliphatic carbocycles. The molecule has 14 heteroatoms. The third-order valence-electron chi connectivity index (χ3n) is 9.25. The summed E-state index contributed by atoms with van der Waals surface area (Å²) in [5, 5.41) is 17.8. The van der Waals surface area contributed by atoms with E-state index in [-0.39, 0.29) is 74.4 Å². The number of hydrogen-bond acceptors (Lipinski definition) is 7. The van der Waals surface area contributed by atoms with Crippen LogP contribution in [0.5, 0.6) is 0 Å². The van der Waals surface area contributed by atoms with E-state index in [9.17, 15) is 27.2 Å². The molecule has 0 aromatic carbocycles. The first-order chi connectivity index (χ1) is 20.4. The molecule has 3 saturated carbocycles. The van der Waals surface area contributed by atoms with Gasteiger partial charge in [-0.15, -0.1) is 0 Å². The van der Waals surface area contributed by atoms with Crippen LogP contribution in [-0.2, 0) is 4.79 Å². The Kier molecular flexibility index (Phi) is 7.88. The zero-order chi connectivity index (χ0) is 30.4. The molecule has 10 nitrogen and oxygen atoms in total. The number of carbonyl (C=O) groups excluding carboxylic acids is 2. The third-order valence-corrected chi connectivity index (χ3v) is 9.25. The number of fused-ring (bicyclic) bond motifs is 1. The van der Waals surface area contributed by atoms with Crippen LogP contribution in [-0.4, -0.2) is 48.6 Å². The summed E-state index contributed by atoms with van der Waals surface area (Å²) in [5.41, 5.74) is 1.99. The van der Waals surface area contributed by atoms with Crippen molar-refractivity contribution < 1.29 is 31.8 Å². The van der Waals surface area contributed by atoms with Crippen molar-refractivity contribution in [3.05, 3.63) is 41.1 Å². The second kappa shape index (κ2) is 11.5. The normalized spacial score (nSPS) is 22.0. The van der Waals surface area contributed by atoms with Crippen LogP contribution in [0.3, 0.4) is 0 Å². The molecule has 43 heavy (non-hydrogen) atoms. The Hall–Kier alpha value is -3.58. The summed E-state index contributed by atoms with van der Waals surface area (Å²) in [6, 6.07) is 0.780. The highest BCUT2D eigenvalue weighted by atomic mass is 19.3. The molecule has 3 aliphatic rings. The highest BCUT2D eigenvalue weighted by Gasteiger charge is 2.46. The largest absolute Gasteiger partial charge is 0.349 e. The minimum absolute atomic E-state index is 0.00973. The second-order valence-corrected chi connectivity index (χ2v) is 12.6. The molecule has 0 radical (unpaired) electrons. The summed E-state index contributed by atoms with van der Waals surface area (Å²) in [5.74, 6) is -6.39. The first-order valence-corrected chi connectivity index (χ1v) is 14.9. The summed E-state index contributed by atoms with van der Waals surface area (Å²) in [4.78, 5) is 30.6. The molecule has 0 spiro atoms. The summed E-state index contributed by atoms with van der Waals surface area (Å²) >= 11 is 0. The maximum atomic E-state index is 14.0. The molecule has 6 rings (SSSR count). The van der Waals surface area contributed by atoms with E-state index in [1.807, 2.05) is 6.07 Å². The highest BCUT2D eigenvalue weighted by molar-refractivity contribution is 5.93. The molecule has 2 amide bonds. The fourth-order valence-corrected chi connectivity index (χ4v) is 6.51. The molecule has 232 valence electrons. The summed E-state index contributed by atoms with van der Waals surface area (Å²) in [6.45, 7) is 1.58. The van der Waals surface area contributed by atoms with E-state index < -0.39 is 23.8 Å². The van der Waals surface area contributed by atoms with Gasteiger partial charge in [0.1, 0.15) is 5.69 Å². The molecule has 3 aromatic heterocycles. The van der Waals surface area contributed by atoms with Crippen molar-refractivity contribution in [2.45, 2.75) is 101 Å². The number of nitrogens with one attached hydrogen (secondary N) is 2. The highest BCUT2D eigenvalue weighted by Crippen LogP contribution is 2.44. The average Bonchev–Trinajstić information content (AvgIpc) is 3.53. The number of rotatable bonds is 10. The van der Waals surface area contributed by atoms with Gasteiger partial charge in [-0.25, -0.2) is 31.7 Å². The van der Waals surface area contributed by atoms with Crippen LogP contribution in [0, 0.1) is 24.7 Å². The number of halogens is 4. The van der Waals surface area contributed by atoms with Gasteiger partial charge in [0.05, 0.1) is 30.2 Å². The monoisotopic (exact) mass is 605 g/mol. The number of aromatic nitrogens is 5. The lowest BCUT2D eigenvalue weighted by Crippen LogP contribution is -2.39. The van der Waals surface area contributed by atoms with Crippen molar-refractivity contribution in [3.8, 4) is 0 Å². The lowest BCUT2D eigenvalue weighted by Gasteiger charge is -2.35. The third kappa shape index (κ3) is 6.67. The Balaban J connectivity index is 1.24. The van der Waals surface area contributed by atoms with Gasteiger partial charge in [-0.05, 0) is 60.7 Å². The van der Waals surface area contributed by atoms with E-state index in [0.717, 1.165) is 24.8 Å². The van der Waals surface area contributed by atoms with Gasteiger partial charge < -0.3 is 10.6 Å². The molecule has 3 aromatic rings. The quantitative estimate of drug-likeness (QED) is 0.292. The number of carbonyl (C=O) groups is 2. The predicted molar refractivity (Wildman–Crippen MR) is 144 cm³/mol. The van der Waals surface area contributed by atoms with Crippen molar-refractivity contribution in [3.63, 3.8) is 0 Å². The van der Waals surface area contributed by atoms with Gasteiger partial charge in [0.2, 0.25) is 17.8 Å². The Morgan fingerprint density at radius 3 is 2.42 bits per heavy atom. The molecule has 2 N–H and O–H groups in total. The predicted octanol–water partition coefficient (Wildman–Crippen LogP) is 5.50.